The molecule has 0 aliphatic carbocycles. The molecule has 0 saturated heterocycles. The lowest BCUT2D eigenvalue weighted by Crippen LogP contribution is -2.22. The molecule has 6 nitrogen and oxygen atoms in total. The molecular formula is C14H14N4O2S. The molecule has 3 aromatic rings. The molecule has 0 amide bonds. The van der Waals surface area contributed by atoms with E-state index in [9.17, 15) is 8.42 Å². The van der Waals surface area contributed by atoms with Crippen LogP contribution in [0.2, 0.25) is 0 Å². The maximum Gasteiger partial charge on any atom is 0.240 e. The highest BCUT2D eigenvalue weighted by atomic mass is 32.2. The van der Waals surface area contributed by atoms with E-state index >= 15 is 0 Å². The van der Waals surface area contributed by atoms with Crippen molar-refractivity contribution in [3.05, 3.63) is 42.9 Å². The van der Waals surface area contributed by atoms with Crippen molar-refractivity contribution in [2.45, 2.75) is 11.8 Å². The topological polar surface area (TPSA) is 87.7 Å². The van der Waals surface area contributed by atoms with Crippen LogP contribution in [0.25, 0.3) is 22.3 Å². The molecular weight excluding hydrogens is 288 g/mol. The molecule has 0 aliphatic rings. The highest BCUT2D eigenvalue weighted by Gasteiger charge is 2.12. The Morgan fingerprint density at radius 2 is 1.90 bits per heavy atom. The lowest BCUT2D eigenvalue weighted by Gasteiger charge is -2.06. The number of pyridine rings is 1. The van der Waals surface area contributed by atoms with E-state index in [2.05, 4.69) is 19.7 Å². The Bertz CT molecular complexity index is 869. The number of imidazole rings is 1. The molecule has 2 aromatic heterocycles. The summed E-state index contributed by atoms with van der Waals surface area (Å²) in [7, 11) is -3.42. The van der Waals surface area contributed by atoms with Gasteiger partial charge < -0.3 is 4.98 Å². The van der Waals surface area contributed by atoms with Gasteiger partial charge in [0.15, 0.2) is 5.65 Å². The minimum absolute atomic E-state index is 0.253. The SMILES string of the molecule is CCNS(=O)(=O)c1ccc(-c2cnc3nc[nH]c3c2)cc1. The number of nitrogens with zero attached hydrogens (tertiary/aromatic N) is 2. The maximum atomic E-state index is 11.9. The highest BCUT2D eigenvalue weighted by Crippen LogP contribution is 2.22. The van der Waals surface area contributed by atoms with E-state index in [0.717, 1.165) is 16.6 Å². The van der Waals surface area contributed by atoms with E-state index in [-0.39, 0.29) is 4.90 Å². The molecule has 0 aliphatic heterocycles. The van der Waals surface area contributed by atoms with Gasteiger partial charge in [0.1, 0.15) is 0 Å². The third-order valence-electron chi connectivity index (χ3n) is 3.11. The Kier molecular flexibility index (Phi) is 3.44. The second-order valence-electron chi connectivity index (χ2n) is 4.52. The minimum Gasteiger partial charge on any atom is -0.343 e. The zero-order valence-electron chi connectivity index (χ0n) is 11.4. The van der Waals surface area contributed by atoms with Gasteiger partial charge in [-0.1, -0.05) is 19.1 Å². The number of hydrogen-bond donors (Lipinski definition) is 2. The highest BCUT2D eigenvalue weighted by molar-refractivity contribution is 7.89. The number of sulfonamides is 1. The van der Waals surface area contributed by atoms with E-state index in [1.54, 1.807) is 43.7 Å². The molecule has 2 heterocycles. The van der Waals surface area contributed by atoms with Crippen LogP contribution in [0, 0.1) is 0 Å². The van der Waals surface area contributed by atoms with E-state index in [4.69, 9.17) is 0 Å². The third-order valence-corrected chi connectivity index (χ3v) is 4.67. The van der Waals surface area contributed by atoms with Crippen LogP contribution < -0.4 is 4.72 Å². The molecule has 2 N–H and O–H groups in total. The average Bonchev–Trinajstić information content (AvgIpc) is 2.94. The number of H-pyrrole nitrogens is 1. The van der Waals surface area contributed by atoms with Crippen molar-refractivity contribution in [3.63, 3.8) is 0 Å². The predicted molar refractivity (Wildman–Crippen MR) is 80.2 cm³/mol. The van der Waals surface area contributed by atoms with Gasteiger partial charge in [-0.2, -0.15) is 0 Å². The average molecular weight is 302 g/mol. The van der Waals surface area contributed by atoms with Gasteiger partial charge in [0.05, 0.1) is 16.7 Å². The van der Waals surface area contributed by atoms with Crippen molar-refractivity contribution in [3.8, 4) is 11.1 Å². The molecule has 0 atom stereocenters. The minimum atomic E-state index is -3.42. The second-order valence-corrected chi connectivity index (χ2v) is 6.29. The zero-order valence-corrected chi connectivity index (χ0v) is 12.2. The summed E-state index contributed by atoms with van der Waals surface area (Å²) in [4.78, 5) is 11.6. The Labute approximate surface area is 122 Å². The van der Waals surface area contributed by atoms with Gasteiger partial charge in [0, 0.05) is 18.3 Å². The van der Waals surface area contributed by atoms with Crippen molar-refractivity contribution in [2.24, 2.45) is 0 Å². The summed E-state index contributed by atoms with van der Waals surface area (Å²) in [6.45, 7) is 2.11. The molecule has 3 rings (SSSR count). The first-order valence-electron chi connectivity index (χ1n) is 6.49. The van der Waals surface area contributed by atoms with Gasteiger partial charge in [0.2, 0.25) is 10.0 Å². The number of fused-ring (bicyclic) bond motifs is 1. The quantitative estimate of drug-likeness (QED) is 0.770. The predicted octanol–water partition coefficient (Wildman–Crippen LogP) is 1.92. The smallest absolute Gasteiger partial charge is 0.240 e. The van der Waals surface area contributed by atoms with Gasteiger partial charge in [0.25, 0.3) is 0 Å². The van der Waals surface area contributed by atoms with Crippen LogP contribution in [0.3, 0.4) is 0 Å². The molecule has 0 radical (unpaired) electrons. The number of aromatic amines is 1. The third kappa shape index (κ3) is 2.65. The summed E-state index contributed by atoms with van der Waals surface area (Å²) >= 11 is 0. The van der Waals surface area contributed by atoms with Crippen molar-refractivity contribution in [1.82, 2.24) is 19.7 Å². The number of aromatic nitrogens is 3. The number of hydrogen-bond acceptors (Lipinski definition) is 4. The summed E-state index contributed by atoms with van der Waals surface area (Å²) in [5.41, 5.74) is 3.30. The van der Waals surface area contributed by atoms with Crippen molar-refractivity contribution >= 4 is 21.2 Å². The molecule has 0 saturated carbocycles. The number of nitrogens with one attached hydrogen (secondary N) is 2. The molecule has 0 fully saturated rings. The fourth-order valence-corrected chi connectivity index (χ4v) is 3.13. The Hall–Kier alpha value is -2.25. The first kappa shape index (κ1) is 13.7. The van der Waals surface area contributed by atoms with Crippen LogP contribution in [0.4, 0.5) is 0 Å². The first-order chi connectivity index (χ1) is 10.1. The lowest BCUT2D eigenvalue weighted by molar-refractivity contribution is 0.584. The fourth-order valence-electron chi connectivity index (χ4n) is 2.09. The maximum absolute atomic E-state index is 11.9. The standard InChI is InChI=1S/C14H14N4O2S/c1-2-18-21(19,20)12-5-3-10(4-6-12)11-7-13-14(15-8-11)17-9-16-13/h3-9,18H,2H2,1H3,(H,15,16,17). The Balaban J connectivity index is 1.97. The molecule has 108 valence electrons. The lowest BCUT2D eigenvalue weighted by atomic mass is 10.1. The molecule has 1 aromatic carbocycles. The fraction of sp³-hybridized carbons (Fsp3) is 0.143. The molecule has 0 unspecified atom stereocenters. The van der Waals surface area contributed by atoms with Crippen LogP contribution in [0.1, 0.15) is 6.92 Å². The summed E-state index contributed by atoms with van der Waals surface area (Å²) in [5.74, 6) is 0. The van der Waals surface area contributed by atoms with Gasteiger partial charge in [-0.3, -0.25) is 0 Å². The molecule has 0 spiro atoms. The monoisotopic (exact) mass is 302 g/mol. The van der Waals surface area contributed by atoms with Crippen molar-refractivity contribution < 1.29 is 8.42 Å². The van der Waals surface area contributed by atoms with Crippen LogP contribution in [0.5, 0.6) is 0 Å². The van der Waals surface area contributed by atoms with Gasteiger partial charge >= 0.3 is 0 Å². The molecule has 21 heavy (non-hydrogen) atoms. The van der Waals surface area contributed by atoms with Crippen LogP contribution in [-0.4, -0.2) is 29.9 Å². The van der Waals surface area contributed by atoms with Gasteiger partial charge in [-0.05, 0) is 23.8 Å². The van der Waals surface area contributed by atoms with Crippen molar-refractivity contribution in [2.75, 3.05) is 6.54 Å². The van der Waals surface area contributed by atoms with E-state index in [0.29, 0.717) is 12.2 Å². The summed E-state index contributed by atoms with van der Waals surface area (Å²) in [6.07, 6.45) is 3.31. The second kappa shape index (κ2) is 5.27. The first-order valence-corrected chi connectivity index (χ1v) is 7.98. The van der Waals surface area contributed by atoms with Crippen molar-refractivity contribution in [1.29, 1.82) is 0 Å². The van der Waals surface area contributed by atoms with Gasteiger partial charge in [-0.25, -0.2) is 23.1 Å². The zero-order chi connectivity index (χ0) is 14.9. The van der Waals surface area contributed by atoms with E-state index in [1.165, 1.54) is 0 Å². The van der Waals surface area contributed by atoms with Crippen LogP contribution >= 0.6 is 0 Å². The normalized spacial score (nSPS) is 11.9. The molecule has 7 heteroatoms. The van der Waals surface area contributed by atoms with Crippen LogP contribution in [0.15, 0.2) is 47.8 Å². The number of rotatable bonds is 4. The van der Waals surface area contributed by atoms with Crippen LogP contribution in [-0.2, 0) is 10.0 Å². The summed E-state index contributed by atoms with van der Waals surface area (Å²) in [6, 6.07) is 8.64. The van der Waals surface area contributed by atoms with E-state index < -0.39 is 10.0 Å². The summed E-state index contributed by atoms with van der Waals surface area (Å²) in [5, 5.41) is 0. The number of benzene rings is 1. The largest absolute Gasteiger partial charge is 0.343 e. The molecule has 0 bridgehead atoms. The summed E-state index contributed by atoms with van der Waals surface area (Å²) < 4.78 is 26.2. The Morgan fingerprint density at radius 3 is 2.62 bits per heavy atom. The van der Waals surface area contributed by atoms with E-state index in [1.807, 2.05) is 6.07 Å². The Morgan fingerprint density at radius 1 is 1.14 bits per heavy atom. The van der Waals surface area contributed by atoms with Gasteiger partial charge in [-0.15, -0.1) is 0 Å².